The molecule has 24 heavy (non-hydrogen) atoms. The fourth-order valence-corrected chi connectivity index (χ4v) is 2.90. The van der Waals surface area contributed by atoms with E-state index in [1.54, 1.807) is 24.3 Å². The molecule has 0 aliphatic carbocycles. The Morgan fingerprint density at radius 3 is 3.00 bits per heavy atom. The summed E-state index contributed by atoms with van der Waals surface area (Å²) in [6.07, 6.45) is 2.01. The molecule has 3 atom stereocenters. The maximum atomic E-state index is 12.7. The number of allylic oxidation sites excluding steroid dienone is 1. The van der Waals surface area contributed by atoms with E-state index in [2.05, 4.69) is 6.58 Å². The Kier molecular flexibility index (Phi) is 4.66. The van der Waals surface area contributed by atoms with E-state index in [1.807, 2.05) is 0 Å². The summed E-state index contributed by atoms with van der Waals surface area (Å²) in [7, 11) is 0. The van der Waals surface area contributed by atoms with E-state index in [9.17, 15) is 14.7 Å². The molecule has 0 radical (unpaired) electrons. The number of Topliss-reactive ketones (excluding diaryl/α,β-unsaturated/α-hetero) is 1. The third-order valence-corrected chi connectivity index (χ3v) is 4.06. The van der Waals surface area contributed by atoms with E-state index < -0.39 is 18.2 Å². The van der Waals surface area contributed by atoms with Crippen molar-refractivity contribution in [1.82, 2.24) is 0 Å². The highest BCUT2D eigenvalue weighted by Crippen LogP contribution is 2.35. The smallest absolute Gasteiger partial charge is 0.373 e. The number of ether oxygens (including phenoxy) is 3. The van der Waals surface area contributed by atoms with Gasteiger partial charge in [0.2, 0.25) is 5.76 Å². The summed E-state index contributed by atoms with van der Waals surface area (Å²) in [5, 5.41) is 9.89. The number of aliphatic hydroxyl groups is 1. The Balaban J connectivity index is 1.82. The largest absolute Gasteiger partial charge is 0.492 e. The standard InChI is InChI=1S/C18H18O6/c1-2-7-22-18(21)15-8-11(9-16(19)24-15)13-10-23-14-6-4-3-5-12(14)17(13)20/h2-6,8,11,13,16,19H,1,7,9-10H2/t11-,13?,16+/m0/s1. The number of fused-ring (bicyclic) bond motifs is 1. The molecule has 2 aliphatic heterocycles. The van der Waals surface area contributed by atoms with Gasteiger partial charge < -0.3 is 19.3 Å². The SMILES string of the molecule is C=CCOC(=O)C1=C[C@H](C2COc3ccccc3C2=O)C[C@H](O)O1. The maximum Gasteiger partial charge on any atom is 0.373 e. The lowest BCUT2D eigenvalue weighted by atomic mass is 9.81. The number of hydrogen-bond acceptors (Lipinski definition) is 6. The highest BCUT2D eigenvalue weighted by atomic mass is 16.6. The van der Waals surface area contributed by atoms with Gasteiger partial charge in [-0.15, -0.1) is 0 Å². The van der Waals surface area contributed by atoms with Crippen molar-refractivity contribution in [2.75, 3.05) is 13.2 Å². The van der Waals surface area contributed by atoms with Crippen LogP contribution < -0.4 is 4.74 Å². The lowest BCUT2D eigenvalue weighted by molar-refractivity contribution is -0.152. The summed E-state index contributed by atoms with van der Waals surface area (Å²) in [4.78, 5) is 24.6. The third kappa shape index (κ3) is 3.19. The number of rotatable bonds is 4. The van der Waals surface area contributed by atoms with Crippen molar-refractivity contribution in [3.8, 4) is 5.75 Å². The number of esters is 1. The van der Waals surface area contributed by atoms with Gasteiger partial charge in [-0.3, -0.25) is 4.79 Å². The van der Waals surface area contributed by atoms with Gasteiger partial charge in [-0.05, 0) is 18.2 Å². The quantitative estimate of drug-likeness (QED) is 0.670. The first-order valence-electron chi connectivity index (χ1n) is 7.70. The van der Waals surface area contributed by atoms with Gasteiger partial charge in [-0.1, -0.05) is 24.8 Å². The van der Waals surface area contributed by atoms with E-state index in [4.69, 9.17) is 14.2 Å². The molecule has 0 saturated carbocycles. The van der Waals surface area contributed by atoms with Crippen molar-refractivity contribution in [3.63, 3.8) is 0 Å². The van der Waals surface area contributed by atoms with Crippen molar-refractivity contribution in [2.24, 2.45) is 11.8 Å². The molecule has 1 aromatic carbocycles. The van der Waals surface area contributed by atoms with E-state index in [1.165, 1.54) is 12.2 Å². The van der Waals surface area contributed by atoms with Crippen LogP contribution in [0.5, 0.6) is 5.75 Å². The van der Waals surface area contributed by atoms with Crippen molar-refractivity contribution in [2.45, 2.75) is 12.7 Å². The summed E-state index contributed by atoms with van der Waals surface area (Å²) in [5.74, 6) is -1.15. The molecule has 2 aliphatic rings. The average molecular weight is 330 g/mol. The minimum Gasteiger partial charge on any atom is -0.492 e. The number of aliphatic hydroxyl groups excluding tert-OH is 1. The fourth-order valence-electron chi connectivity index (χ4n) is 2.90. The summed E-state index contributed by atoms with van der Waals surface area (Å²) >= 11 is 0. The molecular formula is C18H18O6. The Bertz CT molecular complexity index is 693. The number of carbonyl (C=O) groups is 2. The van der Waals surface area contributed by atoms with Crippen LogP contribution in [-0.4, -0.2) is 36.4 Å². The number of hydrogen-bond donors (Lipinski definition) is 1. The lowest BCUT2D eigenvalue weighted by Crippen LogP contribution is -2.37. The first kappa shape index (κ1) is 16.3. The van der Waals surface area contributed by atoms with Crippen LogP contribution in [0.3, 0.4) is 0 Å². The molecule has 6 heteroatoms. The van der Waals surface area contributed by atoms with E-state index in [-0.39, 0.29) is 37.1 Å². The average Bonchev–Trinajstić information content (AvgIpc) is 2.59. The van der Waals surface area contributed by atoms with Gasteiger partial charge in [0.15, 0.2) is 12.1 Å². The molecule has 126 valence electrons. The number of para-hydroxylation sites is 1. The van der Waals surface area contributed by atoms with Gasteiger partial charge in [0.05, 0.1) is 18.1 Å². The summed E-state index contributed by atoms with van der Waals surface area (Å²) in [5.41, 5.74) is 0.513. The first-order valence-corrected chi connectivity index (χ1v) is 7.70. The van der Waals surface area contributed by atoms with Crippen molar-refractivity contribution >= 4 is 11.8 Å². The number of ketones is 1. The van der Waals surface area contributed by atoms with Crippen LogP contribution in [0, 0.1) is 11.8 Å². The molecule has 2 heterocycles. The number of carbonyl (C=O) groups excluding carboxylic acids is 2. The minimum atomic E-state index is -1.17. The summed E-state index contributed by atoms with van der Waals surface area (Å²) in [6, 6.07) is 7.03. The highest BCUT2D eigenvalue weighted by molar-refractivity contribution is 6.01. The molecule has 0 aromatic heterocycles. The predicted octanol–water partition coefficient (Wildman–Crippen LogP) is 1.85. The minimum absolute atomic E-state index is 0.0408. The molecule has 6 nitrogen and oxygen atoms in total. The second-order valence-electron chi connectivity index (χ2n) is 5.67. The van der Waals surface area contributed by atoms with Crippen molar-refractivity contribution in [3.05, 3.63) is 54.3 Å². The van der Waals surface area contributed by atoms with Crippen LogP contribution in [0.15, 0.2) is 48.8 Å². The molecular weight excluding hydrogens is 312 g/mol. The maximum absolute atomic E-state index is 12.7. The fraction of sp³-hybridized carbons (Fsp3) is 0.333. The lowest BCUT2D eigenvalue weighted by Gasteiger charge is -2.32. The zero-order chi connectivity index (χ0) is 17.1. The van der Waals surface area contributed by atoms with Crippen LogP contribution in [0.4, 0.5) is 0 Å². The van der Waals surface area contributed by atoms with Gasteiger partial charge in [0.1, 0.15) is 12.4 Å². The Hall–Kier alpha value is -2.60. The Labute approximate surface area is 139 Å². The van der Waals surface area contributed by atoms with Crippen LogP contribution in [-0.2, 0) is 14.3 Å². The molecule has 0 fully saturated rings. The van der Waals surface area contributed by atoms with Crippen LogP contribution in [0.1, 0.15) is 16.8 Å². The second-order valence-corrected chi connectivity index (χ2v) is 5.67. The van der Waals surface area contributed by atoms with Gasteiger partial charge in [0.25, 0.3) is 0 Å². The second kappa shape index (κ2) is 6.88. The van der Waals surface area contributed by atoms with Crippen LogP contribution >= 0.6 is 0 Å². The van der Waals surface area contributed by atoms with Gasteiger partial charge in [-0.2, -0.15) is 0 Å². The zero-order valence-corrected chi connectivity index (χ0v) is 13.0. The number of benzene rings is 1. The predicted molar refractivity (Wildman–Crippen MR) is 84.2 cm³/mol. The molecule has 0 amide bonds. The van der Waals surface area contributed by atoms with E-state index in [0.29, 0.717) is 11.3 Å². The van der Waals surface area contributed by atoms with Crippen molar-refractivity contribution in [1.29, 1.82) is 0 Å². The first-order chi connectivity index (χ1) is 11.6. The molecule has 0 bridgehead atoms. The van der Waals surface area contributed by atoms with Gasteiger partial charge in [0, 0.05) is 12.3 Å². The topological polar surface area (TPSA) is 82.1 Å². The monoisotopic (exact) mass is 330 g/mol. The van der Waals surface area contributed by atoms with Crippen LogP contribution in [0.2, 0.25) is 0 Å². The molecule has 1 aromatic rings. The Morgan fingerprint density at radius 1 is 1.42 bits per heavy atom. The molecule has 1 unspecified atom stereocenters. The zero-order valence-electron chi connectivity index (χ0n) is 13.0. The van der Waals surface area contributed by atoms with Gasteiger partial charge >= 0.3 is 5.97 Å². The third-order valence-electron chi connectivity index (χ3n) is 4.06. The normalized spacial score (nSPS) is 25.6. The molecule has 3 rings (SSSR count). The van der Waals surface area contributed by atoms with Crippen molar-refractivity contribution < 1.29 is 28.9 Å². The van der Waals surface area contributed by atoms with Crippen LogP contribution in [0.25, 0.3) is 0 Å². The molecule has 0 saturated heterocycles. The van der Waals surface area contributed by atoms with E-state index >= 15 is 0 Å². The van der Waals surface area contributed by atoms with E-state index in [0.717, 1.165) is 0 Å². The Morgan fingerprint density at radius 2 is 2.21 bits per heavy atom. The summed E-state index contributed by atoms with van der Waals surface area (Å²) < 4.78 is 15.7. The molecule has 0 spiro atoms. The summed E-state index contributed by atoms with van der Waals surface area (Å²) in [6.45, 7) is 3.70. The molecule has 1 N–H and O–H groups in total. The highest BCUT2D eigenvalue weighted by Gasteiger charge is 2.38. The van der Waals surface area contributed by atoms with Gasteiger partial charge in [-0.25, -0.2) is 4.79 Å².